The summed E-state index contributed by atoms with van der Waals surface area (Å²) in [6.45, 7) is -0.0551. The minimum atomic E-state index is -0.525. The number of nitrogen functional groups attached to an aromatic ring is 1. The van der Waals surface area contributed by atoms with Crippen LogP contribution in [0.3, 0.4) is 0 Å². The molecule has 0 saturated carbocycles. The number of rotatable bonds is 3. The van der Waals surface area contributed by atoms with Crippen LogP contribution in [0.25, 0.3) is 0 Å². The smallest absolute Gasteiger partial charge is 0.288 e. The average Bonchev–Trinajstić information content (AvgIpc) is 2.81. The molecule has 1 fully saturated rings. The Bertz CT molecular complexity index is 483. The number of hydrazine groups is 1. The van der Waals surface area contributed by atoms with Crippen LogP contribution in [0, 0.1) is 0 Å². The minimum Gasteiger partial charge on any atom is -0.467 e. The van der Waals surface area contributed by atoms with Crippen molar-refractivity contribution in [3.63, 3.8) is 0 Å². The fourth-order valence-electron chi connectivity index (χ4n) is 1.58. The van der Waals surface area contributed by atoms with Crippen molar-refractivity contribution in [3.8, 4) is 0 Å². The molecule has 3 N–H and O–H groups in total. The van der Waals surface area contributed by atoms with Crippen molar-refractivity contribution in [2.75, 3.05) is 5.75 Å². The van der Waals surface area contributed by atoms with Crippen molar-refractivity contribution in [2.45, 2.75) is 13.0 Å². The molecule has 2 rings (SSSR count). The van der Waals surface area contributed by atoms with Gasteiger partial charge < -0.3 is 4.42 Å². The van der Waals surface area contributed by atoms with Crippen molar-refractivity contribution in [1.29, 1.82) is 0 Å². The molecule has 0 aromatic carbocycles. The van der Waals surface area contributed by atoms with Crippen LogP contribution >= 0.6 is 11.8 Å². The van der Waals surface area contributed by atoms with E-state index in [9.17, 15) is 14.4 Å². The number of thioether (sulfide) groups is 1. The molecule has 3 amide bonds. The van der Waals surface area contributed by atoms with Gasteiger partial charge in [0.15, 0.2) is 0 Å². The maximum atomic E-state index is 11.6. The Kier molecular flexibility index (Phi) is 3.68. The zero-order valence-corrected chi connectivity index (χ0v) is 10.2. The van der Waals surface area contributed by atoms with Gasteiger partial charge in [0.1, 0.15) is 5.76 Å². The first kappa shape index (κ1) is 12.7. The molecule has 96 valence electrons. The van der Waals surface area contributed by atoms with E-state index in [-0.39, 0.29) is 29.0 Å². The number of amides is 3. The van der Waals surface area contributed by atoms with E-state index in [1.54, 1.807) is 0 Å². The quantitative estimate of drug-likeness (QED) is 0.469. The van der Waals surface area contributed by atoms with E-state index in [1.165, 1.54) is 12.3 Å². The molecule has 0 atom stereocenters. The number of furan rings is 1. The number of nitrogens with two attached hydrogens (primary N) is 1. The fourth-order valence-corrected chi connectivity index (χ4v) is 2.35. The molecular formula is C10H11N3O4S. The normalized spacial score (nSPS) is 15.9. The van der Waals surface area contributed by atoms with Crippen molar-refractivity contribution in [2.24, 2.45) is 5.84 Å². The van der Waals surface area contributed by atoms with Gasteiger partial charge in [-0.25, -0.2) is 5.84 Å². The van der Waals surface area contributed by atoms with Gasteiger partial charge in [-0.05, 0) is 6.07 Å². The lowest BCUT2D eigenvalue weighted by Crippen LogP contribution is -2.38. The Morgan fingerprint density at radius 3 is 3.00 bits per heavy atom. The summed E-state index contributed by atoms with van der Waals surface area (Å²) in [5.41, 5.74) is 2.19. The van der Waals surface area contributed by atoms with Gasteiger partial charge in [0.2, 0.25) is 5.91 Å². The highest BCUT2D eigenvalue weighted by Crippen LogP contribution is 2.22. The first-order valence-electron chi connectivity index (χ1n) is 5.18. The zero-order valence-electron chi connectivity index (χ0n) is 9.34. The molecule has 1 aromatic heterocycles. The van der Waals surface area contributed by atoms with Gasteiger partial charge in [-0.15, -0.1) is 0 Å². The van der Waals surface area contributed by atoms with Crippen LogP contribution in [0.2, 0.25) is 0 Å². The molecule has 7 nitrogen and oxygen atoms in total. The molecule has 8 heteroatoms. The summed E-state index contributed by atoms with van der Waals surface area (Å²) in [7, 11) is 0. The number of hydrogen-bond acceptors (Lipinski definition) is 6. The van der Waals surface area contributed by atoms with Gasteiger partial charge in [-0.1, -0.05) is 11.8 Å². The van der Waals surface area contributed by atoms with E-state index in [2.05, 4.69) is 0 Å². The monoisotopic (exact) mass is 269 g/mol. The lowest BCUT2D eigenvalue weighted by molar-refractivity contribution is -0.128. The van der Waals surface area contributed by atoms with E-state index in [1.807, 2.05) is 5.43 Å². The second-order valence-electron chi connectivity index (χ2n) is 3.58. The average molecular weight is 269 g/mol. The minimum absolute atomic E-state index is 0.0551. The first-order valence-corrected chi connectivity index (χ1v) is 6.16. The fraction of sp³-hybridized carbons (Fsp3) is 0.300. The molecular weight excluding hydrogens is 258 g/mol. The summed E-state index contributed by atoms with van der Waals surface area (Å²) in [6, 6.07) is 1.43. The number of imide groups is 1. The van der Waals surface area contributed by atoms with Crippen LogP contribution in [0.1, 0.15) is 22.5 Å². The molecule has 0 spiro atoms. The highest BCUT2D eigenvalue weighted by molar-refractivity contribution is 8.13. The summed E-state index contributed by atoms with van der Waals surface area (Å²) >= 11 is 1.07. The largest absolute Gasteiger partial charge is 0.467 e. The third-order valence-corrected chi connectivity index (χ3v) is 3.36. The third kappa shape index (κ3) is 2.39. The Morgan fingerprint density at radius 2 is 2.33 bits per heavy atom. The van der Waals surface area contributed by atoms with Gasteiger partial charge in [-0.2, -0.15) is 0 Å². The second-order valence-corrected chi connectivity index (χ2v) is 4.62. The summed E-state index contributed by atoms with van der Waals surface area (Å²) in [5.74, 6) is 4.96. The molecule has 1 aliphatic heterocycles. The molecule has 0 radical (unpaired) electrons. The molecule has 0 unspecified atom stereocenters. The molecule has 1 aromatic rings. The first-order chi connectivity index (χ1) is 8.63. The van der Waals surface area contributed by atoms with Gasteiger partial charge in [0.05, 0.1) is 18.4 Å². The van der Waals surface area contributed by atoms with Crippen LogP contribution in [-0.4, -0.2) is 27.7 Å². The predicted octanol–water partition coefficient (Wildman–Crippen LogP) is 0.469. The van der Waals surface area contributed by atoms with Crippen molar-refractivity contribution in [3.05, 3.63) is 23.7 Å². The number of nitrogens with zero attached hydrogens (tertiary/aromatic N) is 1. The van der Waals surface area contributed by atoms with Crippen LogP contribution in [-0.2, 0) is 11.3 Å². The predicted molar refractivity (Wildman–Crippen MR) is 63.4 cm³/mol. The molecule has 2 heterocycles. The van der Waals surface area contributed by atoms with Crippen LogP contribution in [0.15, 0.2) is 16.7 Å². The van der Waals surface area contributed by atoms with Gasteiger partial charge in [-0.3, -0.25) is 24.7 Å². The van der Waals surface area contributed by atoms with Crippen LogP contribution in [0.4, 0.5) is 4.79 Å². The van der Waals surface area contributed by atoms with E-state index >= 15 is 0 Å². The molecule has 1 saturated heterocycles. The Balaban J connectivity index is 2.18. The lowest BCUT2D eigenvalue weighted by Gasteiger charge is -2.23. The van der Waals surface area contributed by atoms with E-state index in [0.29, 0.717) is 12.2 Å². The Hall–Kier alpha value is -1.80. The van der Waals surface area contributed by atoms with Crippen LogP contribution in [0.5, 0.6) is 0 Å². The number of carbonyl (C=O) groups excluding carboxylic acids is 3. The summed E-state index contributed by atoms with van der Waals surface area (Å²) in [5, 5.41) is -0.332. The third-order valence-electron chi connectivity index (χ3n) is 2.49. The van der Waals surface area contributed by atoms with E-state index < -0.39 is 5.91 Å². The standard InChI is InChI=1S/C10H11N3O4S/c11-12-9(15)6-1-3-17-7(6)5-13-8(14)2-4-18-10(13)16/h1,3H,2,4-5,11H2,(H,12,15). The highest BCUT2D eigenvalue weighted by atomic mass is 32.2. The number of carbonyl (C=O) groups is 3. The summed E-state index contributed by atoms with van der Waals surface area (Å²) in [4.78, 5) is 35.7. The van der Waals surface area contributed by atoms with Crippen molar-refractivity contribution < 1.29 is 18.8 Å². The molecule has 1 aliphatic rings. The van der Waals surface area contributed by atoms with Gasteiger partial charge in [0.25, 0.3) is 11.1 Å². The molecule has 0 aliphatic carbocycles. The van der Waals surface area contributed by atoms with E-state index in [4.69, 9.17) is 10.3 Å². The SMILES string of the molecule is NNC(=O)c1ccoc1CN1C(=O)CCSC1=O. The highest BCUT2D eigenvalue weighted by Gasteiger charge is 2.29. The van der Waals surface area contributed by atoms with Crippen molar-refractivity contribution >= 4 is 28.8 Å². The Labute approximate surface area is 107 Å². The maximum absolute atomic E-state index is 11.6. The number of nitrogens with one attached hydrogen (secondary N) is 1. The topological polar surface area (TPSA) is 106 Å². The summed E-state index contributed by atoms with van der Waals surface area (Å²) in [6.07, 6.45) is 1.61. The maximum Gasteiger partial charge on any atom is 0.288 e. The number of hydrogen-bond donors (Lipinski definition) is 2. The van der Waals surface area contributed by atoms with E-state index in [0.717, 1.165) is 16.7 Å². The Morgan fingerprint density at radius 1 is 1.56 bits per heavy atom. The summed E-state index contributed by atoms with van der Waals surface area (Å²) < 4.78 is 5.12. The van der Waals surface area contributed by atoms with Crippen molar-refractivity contribution in [1.82, 2.24) is 10.3 Å². The second kappa shape index (κ2) is 5.23. The van der Waals surface area contributed by atoms with Crippen LogP contribution < -0.4 is 11.3 Å². The van der Waals surface area contributed by atoms with Gasteiger partial charge >= 0.3 is 0 Å². The van der Waals surface area contributed by atoms with Gasteiger partial charge in [0, 0.05) is 12.2 Å². The molecule has 18 heavy (non-hydrogen) atoms. The lowest BCUT2D eigenvalue weighted by atomic mass is 10.2. The zero-order chi connectivity index (χ0) is 13.1. The molecule has 0 bridgehead atoms.